The molecule has 0 aliphatic carbocycles. The van der Waals surface area contributed by atoms with Crippen molar-refractivity contribution >= 4 is 5.78 Å². The van der Waals surface area contributed by atoms with Crippen LogP contribution in [-0.4, -0.2) is 23.2 Å². The molecule has 0 radical (unpaired) electrons. The Morgan fingerprint density at radius 1 is 1.24 bits per heavy atom. The van der Waals surface area contributed by atoms with Crippen molar-refractivity contribution < 1.29 is 23.1 Å². The Morgan fingerprint density at radius 3 is 2.12 bits per heavy atom. The van der Waals surface area contributed by atoms with E-state index in [0.29, 0.717) is 0 Å². The molecule has 0 saturated heterocycles. The number of alkyl halides is 3. The van der Waals surface area contributed by atoms with Gasteiger partial charge in [-0.1, -0.05) is 36.8 Å². The average Bonchev–Trinajstić information content (AvgIpc) is 2.26. The second kappa shape index (κ2) is 4.87. The van der Waals surface area contributed by atoms with E-state index in [-0.39, 0.29) is 5.56 Å². The van der Waals surface area contributed by atoms with E-state index < -0.39 is 24.0 Å². The highest BCUT2D eigenvalue weighted by molar-refractivity contribution is 5.98. The summed E-state index contributed by atoms with van der Waals surface area (Å²) in [5.74, 6) is -2.22. The van der Waals surface area contributed by atoms with Gasteiger partial charge >= 0.3 is 6.18 Å². The fourth-order valence-electron chi connectivity index (χ4n) is 1.41. The van der Waals surface area contributed by atoms with Gasteiger partial charge < -0.3 is 5.11 Å². The Balaban J connectivity index is 2.87. The monoisotopic (exact) mass is 246 g/mol. The minimum Gasteiger partial charge on any atom is -0.383 e. The number of aliphatic hydroxyl groups is 1. The number of halogens is 3. The van der Waals surface area contributed by atoms with E-state index in [4.69, 9.17) is 5.11 Å². The third-order valence-electron chi connectivity index (χ3n) is 2.56. The van der Waals surface area contributed by atoms with Crippen LogP contribution in [0.3, 0.4) is 0 Å². The molecule has 0 saturated carbocycles. The zero-order valence-electron chi connectivity index (χ0n) is 9.45. The Morgan fingerprint density at radius 2 is 1.71 bits per heavy atom. The van der Waals surface area contributed by atoms with Crippen LogP contribution < -0.4 is 0 Å². The zero-order chi connectivity index (χ0) is 13.2. The fraction of sp³-hybridized carbons (Fsp3) is 0.417. The summed E-state index contributed by atoms with van der Waals surface area (Å²) in [4.78, 5) is 11.7. The minimum atomic E-state index is -4.78. The number of carbonyl (C=O) groups is 1. The quantitative estimate of drug-likeness (QED) is 0.832. The maximum Gasteiger partial charge on any atom is 0.415 e. The highest BCUT2D eigenvalue weighted by atomic mass is 19.4. The molecule has 2 nitrogen and oxygen atoms in total. The number of benzene rings is 1. The van der Waals surface area contributed by atoms with Crippen LogP contribution in [0.1, 0.15) is 22.8 Å². The molecule has 1 N–H and O–H groups in total. The van der Waals surface area contributed by atoms with Crippen molar-refractivity contribution in [1.29, 1.82) is 0 Å². The molecule has 0 aliphatic heterocycles. The molecule has 2 atom stereocenters. The maximum absolute atomic E-state index is 12.2. The topological polar surface area (TPSA) is 37.3 Å². The van der Waals surface area contributed by atoms with E-state index in [0.717, 1.165) is 12.5 Å². The Hall–Kier alpha value is -1.36. The van der Waals surface area contributed by atoms with E-state index in [1.54, 1.807) is 12.1 Å². The number of aryl methyl sites for hydroxylation is 1. The molecular formula is C12H13F3O2. The Kier molecular flexibility index (Phi) is 3.93. The van der Waals surface area contributed by atoms with Crippen molar-refractivity contribution in [2.24, 2.45) is 5.92 Å². The van der Waals surface area contributed by atoms with Gasteiger partial charge in [-0.2, -0.15) is 13.2 Å². The van der Waals surface area contributed by atoms with Gasteiger partial charge in [0.05, 0.1) is 5.92 Å². The second-order valence-corrected chi connectivity index (χ2v) is 4.01. The van der Waals surface area contributed by atoms with Crippen LogP contribution in [0.15, 0.2) is 24.3 Å². The first-order valence-electron chi connectivity index (χ1n) is 5.09. The summed E-state index contributed by atoms with van der Waals surface area (Å²) in [5, 5.41) is 8.99. The van der Waals surface area contributed by atoms with E-state index in [9.17, 15) is 18.0 Å². The third-order valence-corrected chi connectivity index (χ3v) is 2.56. The highest BCUT2D eigenvalue weighted by Gasteiger charge is 2.44. The predicted octanol–water partition coefficient (Wildman–Crippen LogP) is 2.74. The lowest BCUT2D eigenvalue weighted by atomic mass is 9.93. The van der Waals surface area contributed by atoms with Gasteiger partial charge in [-0.05, 0) is 6.92 Å². The van der Waals surface area contributed by atoms with Gasteiger partial charge in [-0.15, -0.1) is 0 Å². The van der Waals surface area contributed by atoms with Crippen molar-refractivity contribution in [3.63, 3.8) is 0 Å². The average molecular weight is 246 g/mol. The third kappa shape index (κ3) is 3.30. The number of ketones is 1. The van der Waals surface area contributed by atoms with Gasteiger partial charge in [-0.3, -0.25) is 4.79 Å². The molecule has 0 unspecified atom stereocenters. The van der Waals surface area contributed by atoms with Gasteiger partial charge in [0.2, 0.25) is 0 Å². The minimum absolute atomic E-state index is 0.173. The van der Waals surface area contributed by atoms with Crippen LogP contribution in [0.4, 0.5) is 13.2 Å². The van der Waals surface area contributed by atoms with Crippen LogP contribution in [0.2, 0.25) is 0 Å². The van der Waals surface area contributed by atoms with Crippen LogP contribution in [0.25, 0.3) is 0 Å². The number of aliphatic hydroxyl groups excluding tert-OH is 1. The molecule has 94 valence electrons. The Bertz CT molecular complexity index is 395. The molecule has 0 aromatic heterocycles. The molecule has 0 fully saturated rings. The first kappa shape index (κ1) is 13.7. The first-order valence-corrected chi connectivity index (χ1v) is 5.09. The van der Waals surface area contributed by atoms with Gasteiger partial charge in [0, 0.05) is 5.56 Å². The number of Topliss-reactive ketones (excluding diaryl/α,β-unsaturated/α-hetero) is 1. The summed E-state index contributed by atoms with van der Waals surface area (Å²) in [6.45, 7) is 2.88. The smallest absolute Gasteiger partial charge is 0.383 e. The number of hydrogen-bond donors (Lipinski definition) is 1. The standard InChI is InChI=1S/C12H13F3O2/c1-7-3-5-9(6-4-7)10(16)8(2)11(17)12(13,14)15/h3-6,8,11,17H,1-2H3/t8-,11-/m1/s1. The van der Waals surface area contributed by atoms with E-state index in [1.165, 1.54) is 12.1 Å². The summed E-state index contributed by atoms with van der Waals surface area (Å²) in [7, 11) is 0. The largest absolute Gasteiger partial charge is 0.415 e. The molecule has 1 aromatic rings. The van der Waals surface area contributed by atoms with E-state index in [1.807, 2.05) is 6.92 Å². The molecule has 0 heterocycles. The number of carbonyl (C=O) groups excluding carboxylic acids is 1. The SMILES string of the molecule is Cc1ccc(C(=O)[C@@H](C)[C@@H](O)C(F)(F)F)cc1. The molecule has 0 bridgehead atoms. The first-order chi connectivity index (χ1) is 7.73. The molecule has 17 heavy (non-hydrogen) atoms. The summed E-state index contributed by atoms with van der Waals surface area (Å²) < 4.78 is 36.7. The van der Waals surface area contributed by atoms with E-state index in [2.05, 4.69) is 0 Å². The summed E-state index contributed by atoms with van der Waals surface area (Å²) in [5.41, 5.74) is 1.08. The van der Waals surface area contributed by atoms with Crippen LogP contribution in [-0.2, 0) is 0 Å². The lowest BCUT2D eigenvalue weighted by Crippen LogP contribution is -2.38. The van der Waals surface area contributed by atoms with Gasteiger partial charge in [0.15, 0.2) is 11.9 Å². The van der Waals surface area contributed by atoms with Crippen molar-refractivity contribution in [2.75, 3.05) is 0 Å². The zero-order valence-corrected chi connectivity index (χ0v) is 9.45. The highest BCUT2D eigenvalue weighted by Crippen LogP contribution is 2.27. The van der Waals surface area contributed by atoms with Crippen molar-refractivity contribution in [3.05, 3.63) is 35.4 Å². The lowest BCUT2D eigenvalue weighted by molar-refractivity contribution is -0.212. The second-order valence-electron chi connectivity index (χ2n) is 4.01. The molecule has 0 amide bonds. The fourth-order valence-corrected chi connectivity index (χ4v) is 1.41. The van der Waals surface area contributed by atoms with Gasteiger partial charge in [0.25, 0.3) is 0 Å². The van der Waals surface area contributed by atoms with Crippen molar-refractivity contribution in [1.82, 2.24) is 0 Å². The summed E-state index contributed by atoms with van der Waals surface area (Å²) in [6.07, 6.45) is -7.41. The molecule has 5 heteroatoms. The molecular weight excluding hydrogens is 233 g/mol. The van der Waals surface area contributed by atoms with Gasteiger partial charge in [0.1, 0.15) is 0 Å². The molecule has 1 aromatic carbocycles. The van der Waals surface area contributed by atoms with E-state index >= 15 is 0 Å². The van der Waals surface area contributed by atoms with Crippen LogP contribution in [0, 0.1) is 12.8 Å². The number of hydrogen-bond acceptors (Lipinski definition) is 2. The predicted molar refractivity (Wildman–Crippen MR) is 56.7 cm³/mol. The molecule has 0 spiro atoms. The normalized spacial score (nSPS) is 15.4. The Labute approximate surface area is 97.1 Å². The van der Waals surface area contributed by atoms with Crippen LogP contribution >= 0.6 is 0 Å². The lowest BCUT2D eigenvalue weighted by Gasteiger charge is -2.20. The molecule has 0 aliphatic rings. The maximum atomic E-state index is 12.2. The van der Waals surface area contributed by atoms with Crippen molar-refractivity contribution in [3.8, 4) is 0 Å². The number of rotatable bonds is 3. The summed E-state index contributed by atoms with van der Waals surface area (Å²) >= 11 is 0. The van der Waals surface area contributed by atoms with Gasteiger partial charge in [-0.25, -0.2) is 0 Å². The van der Waals surface area contributed by atoms with Crippen LogP contribution in [0.5, 0.6) is 0 Å². The van der Waals surface area contributed by atoms with Crippen molar-refractivity contribution in [2.45, 2.75) is 26.1 Å². The molecule has 1 rings (SSSR count). The summed E-state index contributed by atoms with van der Waals surface area (Å²) in [6, 6.07) is 6.19.